The number of hydrogen-bond acceptors (Lipinski definition) is 3. The zero-order chi connectivity index (χ0) is 10.1. The van der Waals surface area contributed by atoms with E-state index >= 15 is 0 Å². The Morgan fingerprint density at radius 1 is 1.00 bits per heavy atom. The zero-order valence-electron chi connectivity index (χ0n) is 9.17. The molecule has 0 aromatic carbocycles. The van der Waals surface area contributed by atoms with E-state index in [0.29, 0.717) is 6.61 Å². The molecule has 0 aliphatic carbocycles. The van der Waals surface area contributed by atoms with E-state index in [1.54, 1.807) is 0 Å². The highest BCUT2D eigenvalue weighted by Crippen LogP contribution is 2.08. The normalized spacial score (nSPS) is 19.5. The summed E-state index contributed by atoms with van der Waals surface area (Å²) in [5, 5.41) is 12.0. The Morgan fingerprint density at radius 2 is 1.71 bits per heavy atom. The number of nitrogens with zero attached hydrogens (tertiary/aromatic N) is 1. The smallest absolute Gasteiger partial charge is 0.0443 e. The second-order valence-corrected chi connectivity index (χ2v) is 4.08. The summed E-state index contributed by atoms with van der Waals surface area (Å²) in [5.74, 6) is 0. The SMILES string of the molecule is OCCCNCCN1CCCCCC1. The Morgan fingerprint density at radius 3 is 2.36 bits per heavy atom. The molecule has 1 aliphatic rings. The molecule has 1 rings (SSSR count). The molecule has 2 N–H and O–H groups in total. The molecule has 14 heavy (non-hydrogen) atoms. The van der Waals surface area contributed by atoms with Gasteiger partial charge in [-0.15, -0.1) is 0 Å². The molecule has 1 fully saturated rings. The van der Waals surface area contributed by atoms with E-state index < -0.39 is 0 Å². The van der Waals surface area contributed by atoms with E-state index in [4.69, 9.17) is 5.11 Å². The number of hydrogen-bond donors (Lipinski definition) is 2. The van der Waals surface area contributed by atoms with E-state index in [-0.39, 0.29) is 0 Å². The highest BCUT2D eigenvalue weighted by molar-refractivity contribution is 4.64. The van der Waals surface area contributed by atoms with Crippen molar-refractivity contribution >= 4 is 0 Å². The van der Waals surface area contributed by atoms with E-state index in [1.807, 2.05) is 0 Å². The topological polar surface area (TPSA) is 35.5 Å². The van der Waals surface area contributed by atoms with Crippen LogP contribution in [0.15, 0.2) is 0 Å². The van der Waals surface area contributed by atoms with Crippen LogP contribution in [-0.2, 0) is 0 Å². The van der Waals surface area contributed by atoms with Crippen LogP contribution in [0.5, 0.6) is 0 Å². The van der Waals surface area contributed by atoms with Gasteiger partial charge in [-0.3, -0.25) is 0 Å². The Bertz CT molecular complexity index is 122. The third kappa shape index (κ3) is 5.58. The Labute approximate surface area is 87.5 Å². The second-order valence-electron chi connectivity index (χ2n) is 4.08. The van der Waals surface area contributed by atoms with Crippen molar-refractivity contribution in [3.8, 4) is 0 Å². The van der Waals surface area contributed by atoms with Gasteiger partial charge >= 0.3 is 0 Å². The van der Waals surface area contributed by atoms with Gasteiger partial charge in [0.1, 0.15) is 0 Å². The van der Waals surface area contributed by atoms with E-state index in [1.165, 1.54) is 45.3 Å². The quantitative estimate of drug-likeness (QED) is 0.624. The average Bonchev–Trinajstić information content (AvgIpc) is 2.46. The lowest BCUT2D eigenvalue weighted by molar-refractivity contribution is 0.271. The molecule has 0 aromatic heterocycles. The van der Waals surface area contributed by atoms with Crippen LogP contribution in [0.1, 0.15) is 32.1 Å². The van der Waals surface area contributed by atoms with Crippen molar-refractivity contribution in [2.75, 3.05) is 39.3 Å². The molecule has 3 nitrogen and oxygen atoms in total. The van der Waals surface area contributed by atoms with E-state index in [0.717, 1.165) is 19.5 Å². The first-order valence-corrected chi connectivity index (χ1v) is 5.97. The fourth-order valence-electron chi connectivity index (χ4n) is 1.93. The Balaban J connectivity index is 1.93. The number of nitrogens with one attached hydrogen (secondary N) is 1. The first-order chi connectivity index (χ1) is 6.93. The number of rotatable bonds is 6. The number of aliphatic hydroxyl groups is 1. The third-order valence-corrected chi connectivity index (χ3v) is 2.82. The van der Waals surface area contributed by atoms with Gasteiger partial charge in [0.15, 0.2) is 0 Å². The van der Waals surface area contributed by atoms with Crippen LogP contribution < -0.4 is 5.32 Å². The average molecular weight is 200 g/mol. The van der Waals surface area contributed by atoms with Crippen molar-refractivity contribution in [3.63, 3.8) is 0 Å². The highest BCUT2D eigenvalue weighted by Gasteiger charge is 2.07. The molecule has 3 heteroatoms. The van der Waals surface area contributed by atoms with Crippen LogP contribution in [-0.4, -0.2) is 49.3 Å². The molecule has 1 aliphatic heterocycles. The van der Waals surface area contributed by atoms with Gasteiger partial charge in [0.2, 0.25) is 0 Å². The molecular weight excluding hydrogens is 176 g/mol. The van der Waals surface area contributed by atoms with Gasteiger partial charge in [0.25, 0.3) is 0 Å². The molecule has 0 radical (unpaired) electrons. The van der Waals surface area contributed by atoms with Crippen LogP contribution in [0.4, 0.5) is 0 Å². The minimum atomic E-state index is 0.302. The van der Waals surface area contributed by atoms with Crippen molar-refractivity contribution in [2.45, 2.75) is 32.1 Å². The fourth-order valence-corrected chi connectivity index (χ4v) is 1.93. The monoisotopic (exact) mass is 200 g/mol. The van der Waals surface area contributed by atoms with Gasteiger partial charge in [-0.2, -0.15) is 0 Å². The molecule has 0 bridgehead atoms. The van der Waals surface area contributed by atoms with Crippen LogP contribution in [0.2, 0.25) is 0 Å². The van der Waals surface area contributed by atoms with Crippen molar-refractivity contribution in [1.29, 1.82) is 0 Å². The van der Waals surface area contributed by atoms with Crippen molar-refractivity contribution in [1.82, 2.24) is 10.2 Å². The zero-order valence-corrected chi connectivity index (χ0v) is 9.17. The molecule has 1 heterocycles. The maximum Gasteiger partial charge on any atom is 0.0443 e. The second kappa shape index (κ2) is 8.21. The van der Waals surface area contributed by atoms with Crippen LogP contribution in [0, 0.1) is 0 Å². The van der Waals surface area contributed by atoms with Crippen molar-refractivity contribution in [2.24, 2.45) is 0 Å². The minimum absolute atomic E-state index is 0.302. The molecule has 1 saturated heterocycles. The summed E-state index contributed by atoms with van der Waals surface area (Å²) in [4.78, 5) is 2.55. The van der Waals surface area contributed by atoms with Gasteiger partial charge in [-0.05, 0) is 38.9 Å². The molecular formula is C11H24N2O. The molecule has 0 amide bonds. The predicted octanol–water partition coefficient (Wildman–Crippen LogP) is 0.834. The lowest BCUT2D eigenvalue weighted by Crippen LogP contribution is -2.33. The van der Waals surface area contributed by atoms with Gasteiger partial charge in [-0.25, -0.2) is 0 Å². The predicted molar refractivity (Wildman–Crippen MR) is 59.5 cm³/mol. The summed E-state index contributed by atoms with van der Waals surface area (Å²) in [5.41, 5.74) is 0. The number of likely N-dealkylation sites (tertiary alicyclic amines) is 1. The summed E-state index contributed by atoms with van der Waals surface area (Å²) < 4.78 is 0. The molecule has 0 saturated carbocycles. The Hall–Kier alpha value is -0.120. The van der Waals surface area contributed by atoms with Crippen LogP contribution in [0.3, 0.4) is 0 Å². The third-order valence-electron chi connectivity index (χ3n) is 2.82. The van der Waals surface area contributed by atoms with Gasteiger partial charge in [0, 0.05) is 19.7 Å². The lowest BCUT2D eigenvalue weighted by Gasteiger charge is -2.19. The van der Waals surface area contributed by atoms with E-state index in [9.17, 15) is 0 Å². The summed E-state index contributed by atoms with van der Waals surface area (Å²) in [7, 11) is 0. The molecule has 0 spiro atoms. The largest absolute Gasteiger partial charge is 0.396 e. The standard InChI is InChI=1S/C11H24N2O/c14-11-5-6-12-7-10-13-8-3-1-2-4-9-13/h12,14H,1-11H2. The van der Waals surface area contributed by atoms with E-state index in [2.05, 4.69) is 10.2 Å². The van der Waals surface area contributed by atoms with Gasteiger partial charge < -0.3 is 15.3 Å². The maximum atomic E-state index is 8.60. The van der Waals surface area contributed by atoms with Gasteiger partial charge in [0.05, 0.1) is 0 Å². The van der Waals surface area contributed by atoms with Crippen molar-refractivity contribution in [3.05, 3.63) is 0 Å². The maximum absolute atomic E-state index is 8.60. The fraction of sp³-hybridized carbons (Fsp3) is 1.00. The van der Waals surface area contributed by atoms with Gasteiger partial charge in [-0.1, -0.05) is 12.8 Å². The highest BCUT2D eigenvalue weighted by atomic mass is 16.3. The molecule has 0 aromatic rings. The van der Waals surface area contributed by atoms with Crippen LogP contribution in [0.25, 0.3) is 0 Å². The summed E-state index contributed by atoms with van der Waals surface area (Å²) in [6.45, 7) is 6.05. The lowest BCUT2D eigenvalue weighted by atomic mass is 10.2. The van der Waals surface area contributed by atoms with Crippen molar-refractivity contribution < 1.29 is 5.11 Å². The molecule has 84 valence electrons. The summed E-state index contributed by atoms with van der Waals surface area (Å²) in [6, 6.07) is 0. The summed E-state index contributed by atoms with van der Waals surface area (Å²) in [6.07, 6.45) is 6.44. The first kappa shape index (κ1) is 12.0. The Kier molecular flexibility index (Phi) is 7.01. The molecule has 0 unspecified atom stereocenters. The molecule has 0 atom stereocenters. The first-order valence-electron chi connectivity index (χ1n) is 5.97. The number of aliphatic hydroxyl groups excluding tert-OH is 1. The minimum Gasteiger partial charge on any atom is -0.396 e. The van der Waals surface area contributed by atoms with Crippen LogP contribution >= 0.6 is 0 Å². The summed E-state index contributed by atoms with van der Waals surface area (Å²) >= 11 is 0.